The molecule has 0 bridgehead atoms. The minimum absolute atomic E-state index is 0.00810. The number of carbonyl (C=O) groups is 4. The molecule has 6 N–H and O–H groups in total. The summed E-state index contributed by atoms with van der Waals surface area (Å²) in [6.45, 7) is 0. The van der Waals surface area contributed by atoms with E-state index in [2.05, 4.69) is 0 Å². The van der Waals surface area contributed by atoms with Gasteiger partial charge in [-0.05, 0) is 67.6 Å². The monoisotopic (exact) mass is 524 g/mol. The first-order chi connectivity index (χ1) is 17.4. The number of nitrogens with zero attached hydrogens (tertiary/aromatic N) is 1. The largest absolute Gasteiger partial charge is 0.508 e. The molecule has 1 saturated carbocycles. The van der Waals surface area contributed by atoms with Crippen LogP contribution in [0.3, 0.4) is 0 Å². The Bertz CT molecular complexity index is 1470. The fourth-order valence-corrected chi connectivity index (χ4v) is 7.01. The van der Waals surface area contributed by atoms with Gasteiger partial charge in [-0.2, -0.15) is 0 Å². The van der Waals surface area contributed by atoms with Crippen molar-refractivity contribution in [3.8, 4) is 16.2 Å². The molecular weight excluding hydrogens is 500 g/mol. The van der Waals surface area contributed by atoms with Crippen LogP contribution in [0.1, 0.15) is 27.9 Å². The third-order valence-electron chi connectivity index (χ3n) is 7.67. The number of Topliss-reactive ketones (excluding diaryl/α,β-unsaturated/α-hetero) is 2. The fourth-order valence-electron chi connectivity index (χ4n) is 6.09. The van der Waals surface area contributed by atoms with E-state index >= 15 is 0 Å². The van der Waals surface area contributed by atoms with E-state index in [0.29, 0.717) is 27.9 Å². The van der Waals surface area contributed by atoms with E-state index in [9.17, 15) is 39.6 Å². The van der Waals surface area contributed by atoms with Crippen LogP contribution in [0.15, 0.2) is 40.5 Å². The molecule has 0 aliphatic heterocycles. The van der Waals surface area contributed by atoms with Gasteiger partial charge in [-0.3, -0.25) is 24.1 Å². The van der Waals surface area contributed by atoms with E-state index in [-0.39, 0.29) is 29.7 Å². The van der Waals surface area contributed by atoms with Crippen LogP contribution in [0.25, 0.3) is 16.2 Å². The number of aliphatic hydroxyl groups excluding tert-OH is 2. The van der Waals surface area contributed by atoms with Crippen molar-refractivity contribution >= 4 is 40.9 Å². The summed E-state index contributed by atoms with van der Waals surface area (Å²) in [6, 6.07) is 3.47. The molecule has 37 heavy (non-hydrogen) atoms. The number of hydrogen-bond acceptors (Lipinski definition) is 10. The molecule has 5 rings (SSSR count). The molecule has 2 aromatic rings. The van der Waals surface area contributed by atoms with Gasteiger partial charge < -0.3 is 26.2 Å². The van der Waals surface area contributed by atoms with Crippen molar-refractivity contribution in [1.29, 1.82) is 0 Å². The molecule has 4 atom stereocenters. The third kappa shape index (κ3) is 3.24. The van der Waals surface area contributed by atoms with Crippen LogP contribution in [0.5, 0.6) is 5.75 Å². The second-order valence-corrected chi connectivity index (χ2v) is 10.7. The van der Waals surface area contributed by atoms with Crippen LogP contribution < -0.4 is 5.73 Å². The number of carbonyl (C=O) groups excluding carboxylic acids is 4. The van der Waals surface area contributed by atoms with Crippen molar-refractivity contribution in [2.75, 3.05) is 14.1 Å². The second-order valence-electron chi connectivity index (χ2n) is 9.77. The van der Waals surface area contributed by atoms with Crippen LogP contribution in [0.4, 0.5) is 0 Å². The van der Waals surface area contributed by atoms with Crippen LogP contribution in [-0.4, -0.2) is 74.8 Å². The Morgan fingerprint density at radius 2 is 1.89 bits per heavy atom. The number of aldehydes is 1. The number of likely N-dealkylation sites (N-methyl/N-ethyl adjacent to an activating group) is 1. The van der Waals surface area contributed by atoms with E-state index in [1.807, 2.05) is 0 Å². The minimum atomic E-state index is -2.68. The maximum atomic E-state index is 13.8. The van der Waals surface area contributed by atoms with Gasteiger partial charge in [0.25, 0.3) is 5.91 Å². The van der Waals surface area contributed by atoms with Crippen LogP contribution in [0.2, 0.25) is 0 Å². The highest BCUT2D eigenvalue weighted by Crippen LogP contribution is 2.54. The molecule has 10 nitrogen and oxygen atoms in total. The predicted octanol–water partition coefficient (Wildman–Crippen LogP) is 1.51. The summed E-state index contributed by atoms with van der Waals surface area (Å²) < 4.78 is 0. The van der Waals surface area contributed by atoms with E-state index in [1.165, 1.54) is 22.3 Å². The van der Waals surface area contributed by atoms with E-state index < -0.39 is 58.0 Å². The Kier molecular flexibility index (Phi) is 5.63. The molecule has 1 aromatic carbocycles. The predicted molar refractivity (Wildman–Crippen MR) is 133 cm³/mol. The number of benzene rings is 1. The maximum absolute atomic E-state index is 13.8. The first-order valence-corrected chi connectivity index (χ1v) is 12.4. The topological polar surface area (TPSA) is 178 Å². The average molecular weight is 525 g/mol. The molecular formula is C26H24N2O8S. The fraction of sp³-hybridized carbons (Fsp3) is 0.308. The zero-order valence-corrected chi connectivity index (χ0v) is 20.7. The molecule has 3 aliphatic carbocycles. The van der Waals surface area contributed by atoms with Crippen molar-refractivity contribution in [2.24, 2.45) is 17.6 Å². The molecule has 1 aromatic heterocycles. The van der Waals surface area contributed by atoms with Crippen LogP contribution in [0, 0.1) is 11.8 Å². The molecule has 1 amide bonds. The normalized spacial score (nSPS) is 27.2. The van der Waals surface area contributed by atoms with Gasteiger partial charge in [0.15, 0.2) is 17.7 Å². The van der Waals surface area contributed by atoms with E-state index in [1.54, 1.807) is 31.6 Å². The Balaban J connectivity index is 1.75. The summed E-state index contributed by atoms with van der Waals surface area (Å²) in [7, 11) is 3.09. The van der Waals surface area contributed by atoms with Gasteiger partial charge in [-0.15, -0.1) is 11.3 Å². The molecule has 1 fully saturated rings. The van der Waals surface area contributed by atoms with E-state index in [0.717, 1.165) is 0 Å². The molecule has 0 radical (unpaired) electrons. The lowest BCUT2D eigenvalue weighted by molar-refractivity contribution is -0.153. The number of nitrogens with two attached hydrogens (primary N) is 1. The zero-order valence-electron chi connectivity index (χ0n) is 19.9. The highest BCUT2D eigenvalue weighted by Gasteiger charge is 2.64. The molecule has 192 valence electrons. The van der Waals surface area contributed by atoms with Crippen molar-refractivity contribution in [3.05, 3.63) is 57.2 Å². The number of phenols is 1. The van der Waals surface area contributed by atoms with Gasteiger partial charge in [0, 0.05) is 21.9 Å². The number of aromatic hydroxyl groups is 1. The van der Waals surface area contributed by atoms with Crippen molar-refractivity contribution in [2.45, 2.75) is 24.5 Å². The third-order valence-corrected chi connectivity index (χ3v) is 8.63. The van der Waals surface area contributed by atoms with E-state index in [4.69, 9.17) is 5.73 Å². The van der Waals surface area contributed by atoms with Crippen molar-refractivity contribution < 1.29 is 39.6 Å². The summed E-state index contributed by atoms with van der Waals surface area (Å²) >= 11 is 1.31. The number of thiophene rings is 1. The quantitative estimate of drug-likeness (QED) is 0.293. The van der Waals surface area contributed by atoms with Crippen LogP contribution >= 0.6 is 11.3 Å². The van der Waals surface area contributed by atoms with Gasteiger partial charge >= 0.3 is 0 Å². The lowest BCUT2D eigenvalue weighted by atomic mass is 9.57. The number of amides is 1. The summed E-state index contributed by atoms with van der Waals surface area (Å²) in [5.74, 6) is -7.01. The Hall–Kier alpha value is -3.80. The maximum Gasteiger partial charge on any atom is 0.255 e. The van der Waals surface area contributed by atoms with Gasteiger partial charge in [-0.25, -0.2) is 0 Å². The number of ketones is 2. The molecule has 11 heteroatoms. The Labute approximate surface area is 214 Å². The van der Waals surface area contributed by atoms with Crippen molar-refractivity contribution in [1.82, 2.24) is 4.90 Å². The number of rotatable bonds is 4. The summed E-state index contributed by atoms with van der Waals surface area (Å²) in [5, 5.41) is 46.2. The SMILES string of the molecule is CN(C)[C@@H]1C(=O)C(C(N)=O)=C(O)[C@@]2(O)C(=O)C3=C(O)c4c(O)ccc(-c5sccc5C=O)c4C[C@H]3C[C@@H]12. The minimum Gasteiger partial charge on any atom is -0.508 e. The van der Waals surface area contributed by atoms with Gasteiger partial charge in [0.1, 0.15) is 22.8 Å². The zero-order chi connectivity index (χ0) is 27.0. The molecule has 0 unspecified atom stereocenters. The summed E-state index contributed by atoms with van der Waals surface area (Å²) in [6.07, 6.45) is 0.848. The standard InChI is InChI=1S/C26H24N2O8S/c1-28(2)19-14-8-11-7-13-12(22-10(9-29)5-6-37-22)3-4-15(30)17(13)20(31)16(11)23(33)26(14,36)24(34)18(21(19)32)25(27)35/h3-6,9,11,14,19,30-31,34,36H,7-8H2,1-2H3,(H2,27,35)/t11-,14-,19-,26-/m0/s1. The molecule has 1 heterocycles. The van der Waals surface area contributed by atoms with Gasteiger partial charge in [-0.1, -0.05) is 0 Å². The highest BCUT2D eigenvalue weighted by molar-refractivity contribution is 7.14. The van der Waals surface area contributed by atoms with Gasteiger partial charge in [0.05, 0.1) is 11.6 Å². The molecule has 0 saturated heterocycles. The first-order valence-electron chi connectivity index (χ1n) is 11.5. The average Bonchev–Trinajstić information content (AvgIpc) is 3.29. The first kappa shape index (κ1) is 24.9. The highest BCUT2D eigenvalue weighted by atomic mass is 32.1. The number of hydrogen-bond donors (Lipinski definition) is 5. The summed E-state index contributed by atoms with van der Waals surface area (Å²) in [4.78, 5) is 52.7. The van der Waals surface area contributed by atoms with Gasteiger partial charge in [0.2, 0.25) is 5.78 Å². The Morgan fingerprint density at radius 3 is 2.51 bits per heavy atom. The molecule has 3 aliphatic rings. The number of phenolic OH excluding ortho intramolecular Hbond substituents is 1. The lowest BCUT2D eigenvalue weighted by Crippen LogP contribution is -2.65. The summed E-state index contributed by atoms with van der Waals surface area (Å²) in [5.41, 5.74) is 3.10. The van der Waals surface area contributed by atoms with Crippen molar-refractivity contribution in [3.63, 3.8) is 0 Å². The lowest BCUT2D eigenvalue weighted by Gasteiger charge is -2.50. The smallest absolute Gasteiger partial charge is 0.255 e. The second kappa shape index (κ2) is 8.37. The Morgan fingerprint density at radius 1 is 1.19 bits per heavy atom. The number of fused-ring (bicyclic) bond motifs is 3. The molecule has 0 spiro atoms. The number of primary amides is 1. The van der Waals surface area contributed by atoms with Crippen LogP contribution in [-0.2, 0) is 20.8 Å². The number of aliphatic hydroxyl groups is 3.